The first-order valence-electron chi connectivity index (χ1n) is 9.80. The second kappa shape index (κ2) is 10.3. The molecule has 33 heavy (non-hydrogen) atoms. The molecule has 0 radical (unpaired) electrons. The molecule has 2 aromatic carbocycles. The van der Waals surface area contributed by atoms with Crippen LogP contribution in [0.4, 0.5) is 14.5 Å². The van der Waals surface area contributed by atoms with Crippen LogP contribution in [0.1, 0.15) is 18.7 Å². The third-order valence-corrected chi connectivity index (χ3v) is 6.12. The average molecular weight is 499 g/mol. The number of carbonyl (C=O) groups excluding carboxylic acids is 1. The van der Waals surface area contributed by atoms with Crippen molar-refractivity contribution in [1.82, 2.24) is 15.0 Å². The first kappa shape index (κ1) is 24.6. The number of nitrogens with zero attached hydrogens (tertiary/aromatic N) is 4. The maximum Gasteiger partial charge on any atom is 0.246 e. The summed E-state index contributed by atoms with van der Waals surface area (Å²) in [7, 11) is -2.21. The van der Waals surface area contributed by atoms with Gasteiger partial charge in [0.15, 0.2) is 11.6 Å². The lowest BCUT2D eigenvalue weighted by Crippen LogP contribution is -2.32. The van der Waals surface area contributed by atoms with E-state index in [-0.39, 0.29) is 43.4 Å². The van der Waals surface area contributed by atoms with Gasteiger partial charge in [0.05, 0.1) is 18.5 Å². The van der Waals surface area contributed by atoms with Crippen LogP contribution < -0.4 is 4.31 Å². The Hall–Kier alpha value is -3.05. The zero-order chi connectivity index (χ0) is 24.2. The molecule has 1 amide bonds. The molecule has 0 aliphatic carbocycles. The van der Waals surface area contributed by atoms with Gasteiger partial charge < -0.3 is 9.42 Å². The van der Waals surface area contributed by atoms with Crippen molar-refractivity contribution in [2.75, 3.05) is 24.2 Å². The monoisotopic (exact) mass is 498 g/mol. The van der Waals surface area contributed by atoms with Crippen molar-refractivity contribution in [1.29, 1.82) is 0 Å². The van der Waals surface area contributed by atoms with E-state index in [4.69, 9.17) is 16.1 Å². The van der Waals surface area contributed by atoms with Crippen molar-refractivity contribution in [3.63, 3.8) is 0 Å². The highest BCUT2D eigenvalue weighted by Gasteiger charge is 2.20. The second-order valence-electron chi connectivity index (χ2n) is 7.31. The summed E-state index contributed by atoms with van der Waals surface area (Å²) in [5.41, 5.74) is 0.654. The van der Waals surface area contributed by atoms with Crippen molar-refractivity contribution in [2.45, 2.75) is 19.4 Å². The number of halogens is 3. The van der Waals surface area contributed by atoms with Gasteiger partial charge >= 0.3 is 0 Å². The molecular weight excluding hydrogens is 478 g/mol. The van der Waals surface area contributed by atoms with E-state index in [2.05, 4.69) is 10.1 Å². The molecule has 3 rings (SSSR count). The fourth-order valence-electron chi connectivity index (χ4n) is 3.05. The van der Waals surface area contributed by atoms with Gasteiger partial charge in [-0.3, -0.25) is 9.10 Å². The number of aromatic nitrogens is 2. The Balaban J connectivity index is 1.58. The molecule has 176 valence electrons. The molecular formula is C21H21ClF2N4O4S. The van der Waals surface area contributed by atoms with E-state index in [0.29, 0.717) is 16.4 Å². The molecule has 0 bridgehead atoms. The maximum atomic E-state index is 13.5. The van der Waals surface area contributed by atoms with Gasteiger partial charge in [-0.1, -0.05) is 28.9 Å². The van der Waals surface area contributed by atoms with E-state index in [1.54, 1.807) is 31.3 Å². The fourth-order valence-corrected chi connectivity index (χ4v) is 4.19. The molecule has 0 aliphatic heterocycles. The number of anilines is 1. The zero-order valence-electron chi connectivity index (χ0n) is 17.8. The number of benzene rings is 2. The van der Waals surface area contributed by atoms with Gasteiger partial charge in [-0.2, -0.15) is 4.98 Å². The average Bonchev–Trinajstić information content (AvgIpc) is 3.21. The summed E-state index contributed by atoms with van der Waals surface area (Å²) in [6, 6.07) is 9.75. The predicted octanol–water partition coefficient (Wildman–Crippen LogP) is 3.87. The van der Waals surface area contributed by atoms with Gasteiger partial charge in [0.2, 0.25) is 27.6 Å². The highest BCUT2D eigenvalue weighted by Crippen LogP contribution is 2.22. The quantitative estimate of drug-likeness (QED) is 0.444. The summed E-state index contributed by atoms with van der Waals surface area (Å²) in [5, 5.41) is 4.41. The number of amides is 1. The van der Waals surface area contributed by atoms with E-state index in [1.807, 2.05) is 0 Å². The van der Waals surface area contributed by atoms with Crippen LogP contribution in [0.25, 0.3) is 11.4 Å². The minimum Gasteiger partial charge on any atom is -0.337 e. The van der Waals surface area contributed by atoms with Gasteiger partial charge in [0.25, 0.3) is 0 Å². The van der Waals surface area contributed by atoms with E-state index >= 15 is 0 Å². The van der Waals surface area contributed by atoms with Gasteiger partial charge in [-0.05, 0) is 30.7 Å². The Bertz CT molecular complexity index is 1250. The lowest BCUT2D eigenvalue weighted by molar-refractivity contribution is -0.130. The molecule has 1 heterocycles. The molecule has 1 aromatic heterocycles. The molecule has 12 heteroatoms. The summed E-state index contributed by atoms with van der Waals surface area (Å²) < 4.78 is 57.0. The van der Waals surface area contributed by atoms with Gasteiger partial charge in [0.1, 0.15) is 0 Å². The third kappa shape index (κ3) is 6.48. The number of hydrogen-bond donors (Lipinski definition) is 0. The molecule has 0 N–H and O–H groups in total. The predicted molar refractivity (Wildman–Crippen MR) is 119 cm³/mol. The Labute approximate surface area is 194 Å². The highest BCUT2D eigenvalue weighted by atomic mass is 35.5. The van der Waals surface area contributed by atoms with E-state index in [0.717, 1.165) is 22.7 Å². The Kier molecular flexibility index (Phi) is 7.65. The summed E-state index contributed by atoms with van der Waals surface area (Å²) >= 11 is 5.96. The number of sulfonamides is 1. The van der Waals surface area contributed by atoms with E-state index in [9.17, 15) is 22.0 Å². The van der Waals surface area contributed by atoms with Crippen LogP contribution in [0, 0.1) is 11.6 Å². The third-order valence-electron chi connectivity index (χ3n) is 4.69. The number of carbonyl (C=O) groups is 1. The van der Waals surface area contributed by atoms with Crippen LogP contribution >= 0.6 is 11.6 Å². The molecule has 0 saturated heterocycles. The first-order valence-corrected chi connectivity index (χ1v) is 12.0. The fraction of sp³-hybridized carbons (Fsp3) is 0.286. The summed E-state index contributed by atoms with van der Waals surface area (Å²) in [4.78, 5) is 18.1. The van der Waals surface area contributed by atoms with Crippen LogP contribution in [-0.2, 0) is 21.4 Å². The van der Waals surface area contributed by atoms with Crippen LogP contribution in [0.15, 0.2) is 47.0 Å². The minimum atomic E-state index is -3.76. The summed E-state index contributed by atoms with van der Waals surface area (Å²) in [6.07, 6.45) is 1.13. The van der Waals surface area contributed by atoms with Crippen molar-refractivity contribution < 1.29 is 26.5 Å². The van der Waals surface area contributed by atoms with Crippen LogP contribution in [0.5, 0.6) is 0 Å². The second-order valence-corrected chi connectivity index (χ2v) is 9.65. The molecule has 0 aliphatic rings. The van der Waals surface area contributed by atoms with Crippen LogP contribution in [0.3, 0.4) is 0 Å². The molecule has 0 unspecified atom stereocenters. The van der Waals surface area contributed by atoms with E-state index in [1.165, 1.54) is 11.0 Å². The molecule has 0 saturated carbocycles. The minimum absolute atomic E-state index is 0.0154. The van der Waals surface area contributed by atoms with Gasteiger partial charge in [-0.15, -0.1) is 0 Å². The molecule has 3 aromatic rings. The van der Waals surface area contributed by atoms with Crippen molar-refractivity contribution in [3.05, 3.63) is 65.0 Å². The lowest BCUT2D eigenvalue weighted by atomic mass is 10.2. The lowest BCUT2D eigenvalue weighted by Gasteiger charge is -2.23. The van der Waals surface area contributed by atoms with E-state index < -0.39 is 21.7 Å². The Morgan fingerprint density at radius 1 is 1.15 bits per heavy atom. The number of rotatable bonds is 9. The molecule has 8 nitrogen and oxygen atoms in total. The summed E-state index contributed by atoms with van der Waals surface area (Å²) in [5.74, 6) is -1.96. The molecule has 0 spiro atoms. The topological polar surface area (TPSA) is 96.6 Å². The van der Waals surface area contributed by atoms with Gasteiger partial charge in [-0.25, -0.2) is 17.2 Å². The first-order chi connectivity index (χ1) is 15.5. The zero-order valence-corrected chi connectivity index (χ0v) is 19.4. The Morgan fingerprint density at radius 3 is 2.58 bits per heavy atom. The summed E-state index contributed by atoms with van der Waals surface area (Å²) in [6.45, 7) is -0.0195. The maximum absolute atomic E-state index is 13.5. The highest BCUT2D eigenvalue weighted by molar-refractivity contribution is 7.92. The standard InChI is InChI=1S/C21H21ClF2N4O4S/c1-27(13-19-25-21(26-32-19)14-5-3-6-15(22)11-14)20(29)7-4-10-28(33(2,30)31)16-8-9-17(23)18(24)12-16/h3,5-6,8-9,11-12H,4,7,10,13H2,1-2H3. The van der Waals surface area contributed by atoms with Crippen molar-refractivity contribution in [3.8, 4) is 11.4 Å². The molecule has 0 atom stereocenters. The number of hydrogen-bond acceptors (Lipinski definition) is 6. The largest absolute Gasteiger partial charge is 0.337 e. The van der Waals surface area contributed by atoms with Gasteiger partial charge in [0, 0.05) is 36.7 Å². The normalized spacial score (nSPS) is 11.4. The molecule has 0 fully saturated rings. The Morgan fingerprint density at radius 2 is 1.91 bits per heavy atom. The smallest absolute Gasteiger partial charge is 0.246 e. The van der Waals surface area contributed by atoms with Crippen molar-refractivity contribution in [2.24, 2.45) is 0 Å². The SMILES string of the molecule is CN(Cc1nc(-c2cccc(Cl)c2)no1)C(=O)CCCN(c1ccc(F)c(F)c1)S(C)(=O)=O. The van der Waals surface area contributed by atoms with Crippen molar-refractivity contribution >= 4 is 33.2 Å². The van der Waals surface area contributed by atoms with Crippen LogP contribution in [-0.4, -0.2) is 49.2 Å². The van der Waals surface area contributed by atoms with Crippen LogP contribution in [0.2, 0.25) is 5.02 Å².